The zero-order chi connectivity index (χ0) is 24.0. The number of amides is 2. The van der Waals surface area contributed by atoms with E-state index in [0.717, 1.165) is 17.7 Å². The molecule has 0 saturated heterocycles. The summed E-state index contributed by atoms with van der Waals surface area (Å²) in [4.78, 5) is 28.7. The van der Waals surface area contributed by atoms with Crippen LogP contribution in [-0.4, -0.2) is 28.4 Å². The number of hydrogen-bond donors (Lipinski definition) is 4. The Kier molecular flexibility index (Phi) is 7.47. The number of carbonyl (C=O) groups is 2. The number of nitrogens with one attached hydrogen (secondary N) is 2. The molecule has 0 radical (unpaired) electrons. The summed E-state index contributed by atoms with van der Waals surface area (Å²) in [5, 5.41) is 15.5. The Morgan fingerprint density at radius 3 is 2.36 bits per heavy atom. The van der Waals surface area contributed by atoms with Gasteiger partial charge in [0.2, 0.25) is 0 Å². The average molecular weight is 454 g/mol. The van der Waals surface area contributed by atoms with Gasteiger partial charge in [-0.05, 0) is 47.9 Å². The summed E-state index contributed by atoms with van der Waals surface area (Å²) >= 11 is 0. The van der Waals surface area contributed by atoms with Crippen LogP contribution in [0.2, 0.25) is 0 Å². The normalized spacial score (nSPS) is 13.6. The molecule has 1 aromatic heterocycles. The van der Waals surface area contributed by atoms with Crippen molar-refractivity contribution in [2.24, 2.45) is 5.73 Å². The molecular formula is C24H24F2N4O3. The van der Waals surface area contributed by atoms with Gasteiger partial charge in [-0.1, -0.05) is 24.3 Å². The zero-order valence-electron chi connectivity index (χ0n) is 17.9. The quantitative estimate of drug-likeness (QED) is 0.417. The SMILES string of the molecule is CC(CN)(NC(=O)c1cccnc1)c1ccc(CNC(=O)C(O)c2cc(F)cc(F)c2)cc1. The number of aromatic nitrogens is 1. The van der Waals surface area contributed by atoms with Gasteiger partial charge in [-0.3, -0.25) is 14.6 Å². The number of nitrogens with zero attached hydrogens (tertiary/aromatic N) is 1. The van der Waals surface area contributed by atoms with E-state index in [0.29, 0.717) is 17.2 Å². The van der Waals surface area contributed by atoms with Crippen molar-refractivity contribution in [3.63, 3.8) is 0 Å². The van der Waals surface area contributed by atoms with E-state index in [2.05, 4.69) is 15.6 Å². The molecule has 3 rings (SSSR count). The van der Waals surface area contributed by atoms with Crippen LogP contribution < -0.4 is 16.4 Å². The van der Waals surface area contributed by atoms with Gasteiger partial charge in [-0.25, -0.2) is 8.78 Å². The molecule has 5 N–H and O–H groups in total. The van der Waals surface area contributed by atoms with Crippen molar-refractivity contribution in [2.75, 3.05) is 6.54 Å². The predicted molar refractivity (Wildman–Crippen MR) is 118 cm³/mol. The smallest absolute Gasteiger partial charge is 0.253 e. The minimum atomic E-state index is -1.71. The number of pyridine rings is 1. The number of hydrogen-bond acceptors (Lipinski definition) is 5. The lowest BCUT2D eigenvalue weighted by molar-refractivity contribution is -0.129. The van der Waals surface area contributed by atoms with E-state index in [1.807, 2.05) is 0 Å². The summed E-state index contributed by atoms with van der Waals surface area (Å²) in [6, 6.07) is 12.8. The Hall–Kier alpha value is -3.69. The number of carbonyl (C=O) groups excluding carboxylic acids is 2. The molecule has 0 aliphatic rings. The number of halogens is 2. The fourth-order valence-electron chi connectivity index (χ4n) is 3.22. The largest absolute Gasteiger partial charge is 0.378 e. The second-order valence-electron chi connectivity index (χ2n) is 7.75. The Morgan fingerprint density at radius 1 is 1.12 bits per heavy atom. The molecule has 0 bridgehead atoms. The van der Waals surface area contributed by atoms with Crippen LogP contribution in [0.15, 0.2) is 67.0 Å². The highest BCUT2D eigenvalue weighted by molar-refractivity contribution is 5.94. The van der Waals surface area contributed by atoms with Crippen molar-refractivity contribution in [3.05, 3.63) is 101 Å². The lowest BCUT2D eigenvalue weighted by Gasteiger charge is -2.30. The molecule has 7 nitrogen and oxygen atoms in total. The number of aliphatic hydroxyl groups is 1. The van der Waals surface area contributed by atoms with E-state index in [9.17, 15) is 23.5 Å². The maximum atomic E-state index is 13.3. The first-order valence-electron chi connectivity index (χ1n) is 10.2. The van der Waals surface area contributed by atoms with Crippen LogP contribution in [0.5, 0.6) is 0 Å². The molecule has 0 saturated carbocycles. The Bertz CT molecular complexity index is 1110. The number of benzene rings is 2. The van der Waals surface area contributed by atoms with Crippen LogP contribution >= 0.6 is 0 Å². The highest BCUT2D eigenvalue weighted by atomic mass is 19.1. The van der Waals surface area contributed by atoms with Crippen LogP contribution in [0.3, 0.4) is 0 Å². The predicted octanol–water partition coefficient (Wildman–Crippen LogP) is 2.31. The van der Waals surface area contributed by atoms with Crippen LogP contribution in [0.4, 0.5) is 8.78 Å². The van der Waals surface area contributed by atoms with Gasteiger partial charge in [0, 0.05) is 31.5 Å². The third-order valence-corrected chi connectivity index (χ3v) is 5.23. The summed E-state index contributed by atoms with van der Waals surface area (Å²) in [5.41, 5.74) is 6.80. The lowest BCUT2D eigenvalue weighted by Crippen LogP contribution is -2.48. The standard InChI is InChI=1S/C24H24F2N4O3/c1-24(14-27,30-22(32)16-3-2-8-28-13-16)18-6-4-15(5-7-18)12-29-23(33)21(31)17-9-19(25)11-20(26)10-17/h2-11,13,21,31H,12,14,27H2,1H3,(H,29,33)(H,30,32). The van der Waals surface area contributed by atoms with Gasteiger partial charge in [0.25, 0.3) is 11.8 Å². The Labute approximate surface area is 189 Å². The van der Waals surface area contributed by atoms with Gasteiger partial charge in [0.1, 0.15) is 11.6 Å². The van der Waals surface area contributed by atoms with E-state index in [1.54, 1.807) is 49.5 Å². The number of aliphatic hydroxyl groups excluding tert-OH is 1. The van der Waals surface area contributed by atoms with Crippen LogP contribution in [0.25, 0.3) is 0 Å². The molecule has 2 unspecified atom stereocenters. The fraction of sp³-hybridized carbons (Fsp3) is 0.208. The number of nitrogens with two attached hydrogens (primary N) is 1. The molecule has 0 fully saturated rings. The van der Waals surface area contributed by atoms with Crippen molar-refractivity contribution in [2.45, 2.75) is 25.1 Å². The average Bonchev–Trinajstić information content (AvgIpc) is 2.82. The number of rotatable bonds is 8. The third kappa shape index (κ3) is 5.97. The molecule has 2 atom stereocenters. The maximum absolute atomic E-state index is 13.3. The van der Waals surface area contributed by atoms with E-state index >= 15 is 0 Å². The first kappa shape index (κ1) is 24.0. The maximum Gasteiger partial charge on any atom is 0.253 e. The van der Waals surface area contributed by atoms with Gasteiger partial charge in [0.05, 0.1) is 11.1 Å². The van der Waals surface area contributed by atoms with Gasteiger partial charge >= 0.3 is 0 Å². The van der Waals surface area contributed by atoms with Crippen LogP contribution in [0.1, 0.15) is 40.1 Å². The molecule has 0 aliphatic heterocycles. The molecule has 1 heterocycles. The topological polar surface area (TPSA) is 117 Å². The van der Waals surface area contributed by atoms with Gasteiger partial charge < -0.3 is 21.5 Å². The van der Waals surface area contributed by atoms with Crippen molar-refractivity contribution >= 4 is 11.8 Å². The second-order valence-corrected chi connectivity index (χ2v) is 7.75. The first-order chi connectivity index (χ1) is 15.7. The molecule has 9 heteroatoms. The minimum absolute atomic E-state index is 0.0787. The van der Waals surface area contributed by atoms with Crippen molar-refractivity contribution < 1.29 is 23.5 Å². The molecule has 33 heavy (non-hydrogen) atoms. The van der Waals surface area contributed by atoms with Crippen molar-refractivity contribution in [1.82, 2.24) is 15.6 Å². The van der Waals surface area contributed by atoms with Crippen LogP contribution in [0, 0.1) is 11.6 Å². The molecule has 172 valence electrons. The zero-order valence-corrected chi connectivity index (χ0v) is 17.9. The second kappa shape index (κ2) is 10.3. The summed E-state index contributed by atoms with van der Waals surface area (Å²) in [6.45, 7) is 2.02. The van der Waals surface area contributed by atoms with E-state index in [1.165, 1.54) is 6.20 Å². The van der Waals surface area contributed by atoms with E-state index < -0.39 is 29.2 Å². The van der Waals surface area contributed by atoms with Crippen molar-refractivity contribution in [1.29, 1.82) is 0 Å². The summed E-state index contributed by atoms with van der Waals surface area (Å²) < 4.78 is 26.6. The first-order valence-corrected chi connectivity index (χ1v) is 10.2. The molecule has 0 spiro atoms. The fourth-order valence-corrected chi connectivity index (χ4v) is 3.22. The lowest BCUT2D eigenvalue weighted by atomic mass is 9.91. The summed E-state index contributed by atoms with van der Waals surface area (Å²) in [6.07, 6.45) is 1.33. The monoisotopic (exact) mass is 454 g/mol. The Morgan fingerprint density at radius 2 is 1.79 bits per heavy atom. The Balaban J connectivity index is 1.64. The molecule has 2 amide bonds. The summed E-state index contributed by atoms with van der Waals surface area (Å²) in [5.74, 6) is -2.87. The molecule has 2 aromatic carbocycles. The highest BCUT2D eigenvalue weighted by Gasteiger charge is 2.27. The van der Waals surface area contributed by atoms with Crippen LogP contribution in [-0.2, 0) is 16.9 Å². The molecule has 0 aliphatic carbocycles. The minimum Gasteiger partial charge on any atom is -0.378 e. The van der Waals surface area contributed by atoms with E-state index in [-0.39, 0.29) is 24.6 Å². The third-order valence-electron chi connectivity index (χ3n) is 5.23. The van der Waals surface area contributed by atoms with E-state index in [4.69, 9.17) is 5.73 Å². The highest BCUT2D eigenvalue weighted by Crippen LogP contribution is 2.21. The van der Waals surface area contributed by atoms with Gasteiger partial charge in [0.15, 0.2) is 6.10 Å². The molecule has 3 aromatic rings. The molecular weight excluding hydrogens is 430 g/mol. The van der Waals surface area contributed by atoms with Gasteiger partial charge in [-0.15, -0.1) is 0 Å². The van der Waals surface area contributed by atoms with Gasteiger partial charge in [-0.2, -0.15) is 0 Å². The summed E-state index contributed by atoms with van der Waals surface area (Å²) in [7, 11) is 0. The van der Waals surface area contributed by atoms with Crippen molar-refractivity contribution in [3.8, 4) is 0 Å².